The Kier molecular flexibility index (Phi) is 5.34. The number of aromatic nitrogens is 4. The molecular formula is C19H21FN6OS. The molecule has 7 nitrogen and oxygen atoms in total. The van der Waals surface area contributed by atoms with Crippen molar-refractivity contribution >= 4 is 22.9 Å². The maximum Gasteiger partial charge on any atom is 0.239 e. The second-order valence-corrected chi connectivity index (χ2v) is 7.86. The van der Waals surface area contributed by atoms with Crippen LogP contribution in [0, 0.1) is 12.7 Å². The van der Waals surface area contributed by atoms with Gasteiger partial charge in [-0.25, -0.2) is 9.37 Å². The van der Waals surface area contributed by atoms with Gasteiger partial charge in [0.15, 0.2) is 5.82 Å². The van der Waals surface area contributed by atoms with Gasteiger partial charge >= 0.3 is 0 Å². The lowest BCUT2D eigenvalue weighted by Crippen LogP contribution is -2.38. The second kappa shape index (κ2) is 8.05. The molecule has 146 valence electrons. The van der Waals surface area contributed by atoms with Crippen molar-refractivity contribution in [3.05, 3.63) is 46.3 Å². The molecule has 2 aromatic heterocycles. The van der Waals surface area contributed by atoms with Crippen molar-refractivity contribution in [1.82, 2.24) is 25.1 Å². The minimum absolute atomic E-state index is 0.0780. The number of anilines is 1. The first-order valence-corrected chi connectivity index (χ1v) is 10.1. The zero-order chi connectivity index (χ0) is 19.5. The summed E-state index contributed by atoms with van der Waals surface area (Å²) in [4.78, 5) is 16.8. The van der Waals surface area contributed by atoms with Gasteiger partial charge in [0.1, 0.15) is 17.3 Å². The van der Waals surface area contributed by atoms with Crippen LogP contribution in [0.1, 0.15) is 23.7 Å². The molecule has 0 saturated carbocycles. The highest BCUT2D eigenvalue weighted by molar-refractivity contribution is 7.09. The monoisotopic (exact) mass is 400 g/mol. The van der Waals surface area contributed by atoms with E-state index in [0.29, 0.717) is 5.69 Å². The van der Waals surface area contributed by atoms with Crippen LogP contribution in [-0.2, 0) is 17.8 Å². The molecule has 9 heteroatoms. The molecule has 0 bridgehead atoms. The predicted octanol–water partition coefficient (Wildman–Crippen LogP) is 2.78. The van der Waals surface area contributed by atoms with Gasteiger partial charge in [-0.2, -0.15) is 0 Å². The first kappa shape index (κ1) is 18.5. The zero-order valence-electron chi connectivity index (χ0n) is 15.5. The van der Waals surface area contributed by atoms with Crippen molar-refractivity contribution in [3.8, 4) is 11.5 Å². The Bertz CT molecular complexity index is 967. The average Bonchev–Trinajstić information content (AvgIpc) is 3.24. The van der Waals surface area contributed by atoms with Crippen molar-refractivity contribution in [1.29, 1.82) is 0 Å². The van der Waals surface area contributed by atoms with Crippen LogP contribution in [-0.4, -0.2) is 38.2 Å². The van der Waals surface area contributed by atoms with E-state index in [0.717, 1.165) is 48.2 Å². The number of nitrogens with zero attached hydrogens (tertiary/aromatic N) is 4. The van der Waals surface area contributed by atoms with Crippen LogP contribution >= 0.6 is 11.3 Å². The zero-order valence-corrected chi connectivity index (χ0v) is 16.3. The highest BCUT2D eigenvalue weighted by Crippen LogP contribution is 2.24. The lowest BCUT2D eigenvalue weighted by molar-refractivity contribution is -0.120. The number of nitrogens with one attached hydrogen (secondary N) is 2. The highest BCUT2D eigenvalue weighted by Gasteiger charge is 2.22. The fourth-order valence-corrected chi connectivity index (χ4v) is 3.91. The minimum atomic E-state index is -0.298. The molecule has 1 amide bonds. The standard InChI is InChI=1S/C19H21FN6OS/c1-12-22-16(11-28-12)19-25-24-17-7-6-15(8-9-26(17)19)23-18(27)10-21-14-4-2-13(20)3-5-14/h2-5,11,15,21H,6-10H2,1H3,(H,23,27). The molecule has 0 spiro atoms. The van der Waals surface area contributed by atoms with E-state index in [9.17, 15) is 9.18 Å². The van der Waals surface area contributed by atoms with E-state index in [1.54, 1.807) is 23.5 Å². The van der Waals surface area contributed by atoms with Gasteiger partial charge in [-0.3, -0.25) is 4.79 Å². The number of hydrogen-bond donors (Lipinski definition) is 2. The van der Waals surface area contributed by atoms with Gasteiger partial charge in [-0.15, -0.1) is 21.5 Å². The molecule has 1 aliphatic heterocycles. The van der Waals surface area contributed by atoms with Crippen molar-refractivity contribution in [3.63, 3.8) is 0 Å². The molecule has 28 heavy (non-hydrogen) atoms. The molecule has 0 radical (unpaired) electrons. The molecule has 1 atom stereocenters. The SMILES string of the molecule is Cc1nc(-c2nnc3n2CCC(NC(=O)CNc2ccc(F)cc2)CC3)cs1. The smallest absolute Gasteiger partial charge is 0.239 e. The molecule has 0 fully saturated rings. The Hall–Kier alpha value is -2.81. The number of fused-ring (bicyclic) bond motifs is 1. The molecule has 1 aromatic carbocycles. The van der Waals surface area contributed by atoms with Crippen LogP contribution in [0.5, 0.6) is 0 Å². The minimum Gasteiger partial charge on any atom is -0.376 e. The number of rotatable bonds is 5. The summed E-state index contributed by atoms with van der Waals surface area (Å²) in [5.41, 5.74) is 1.57. The highest BCUT2D eigenvalue weighted by atomic mass is 32.1. The molecule has 2 N–H and O–H groups in total. The Morgan fingerprint density at radius 3 is 2.86 bits per heavy atom. The molecule has 4 rings (SSSR count). The summed E-state index contributed by atoms with van der Waals surface area (Å²) in [6.45, 7) is 2.86. The summed E-state index contributed by atoms with van der Waals surface area (Å²) in [7, 11) is 0. The van der Waals surface area contributed by atoms with Gasteiger partial charge in [0.05, 0.1) is 11.6 Å². The summed E-state index contributed by atoms with van der Waals surface area (Å²) in [6.07, 6.45) is 2.38. The van der Waals surface area contributed by atoms with E-state index in [-0.39, 0.29) is 24.3 Å². The van der Waals surface area contributed by atoms with Crippen LogP contribution in [0.3, 0.4) is 0 Å². The third kappa shape index (κ3) is 4.19. The first-order chi connectivity index (χ1) is 13.6. The lowest BCUT2D eigenvalue weighted by Gasteiger charge is -2.16. The van der Waals surface area contributed by atoms with Crippen LogP contribution in [0.25, 0.3) is 11.5 Å². The summed E-state index contributed by atoms with van der Waals surface area (Å²) >= 11 is 1.59. The van der Waals surface area contributed by atoms with E-state index in [4.69, 9.17) is 0 Å². The predicted molar refractivity (Wildman–Crippen MR) is 106 cm³/mol. The number of carbonyl (C=O) groups is 1. The number of aryl methyl sites for hydroxylation is 2. The lowest BCUT2D eigenvalue weighted by atomic mass is 10.1. The van der Waals surface area contributed by atoms with Crippen molar-refractivity contribution < 1.29 is 9.18 Å². The van der Waals surface area contributed by atoms with Gasteiger partial charge in [0, 0.05) is 30.1 Å². The molecule has 3 aromatic rings. The number of benzene rings is 1. The fraction of sp³-hybridized carbons (Fsp3) is 0.368. The van der Waals surface area contributed by atoms with Gasteiger partial charge in [-0.05, 0) is 44.0 Å². The van der Waals surface area contributed by atoms with Gasteiger partial charge in [-0.1, -0.05) is 0 Å². The molecule has 0 saturated heterocycles. The van der Waals surface area contributed by atoms with Crippen LogP contribution < -0.4 is 10.6 Å². The Morgan fingerprint density at radius 1 is 1.29 bits per heavy atom. The third-order valence-corrected chi connectivity index (χ3v) is 5.53. The van der Waals surface area contributed by atoms with Gasteiger partial charge < -0.3 is 15.2 Å². The van der Waals surface area contributed by atoms with E-state index >= 15 is 0 Å². The van der Waals surface area contributed by atoms with Crippen LogP contribution in [0.4, 0.5) is 10.1 Å². The maximum atomic E-state index is 12.9. The summed E-state index contributed by atoms with van der Waals surface area (Å²) in [6, 6.07) is 6.03. The normalized spacial score (nSPS) is 16.3. The number of halogens is 1. The average molecular weight is 400 g/mol. The molecule has 0 aliphatic carbocycles. The van der Waals surface area contributed by atoms with Crippen LogP contribution in [0.2, 0.25) is 0 Å². The van der Waals surface area contributed by atoms with Gasteiger partial charge in [0.2, 0.25) is 5.91 Å². The summed E-state index contributed by atoms with van der Waals surface area (Å²) in [5.74, 6) is 1.35. The second-order valence-electron chi connectivity index (χ2n) is 6.80. The van der Waals surface area contributed by atoms with Crippen molar-refractivity contribution in [2.75, 3.05) is 11.9 Å². The quantitative estimate of drug-likeness (QED) is 0.688. The number of carbonyl (C=O) groups excluding carboxylic acids is 1. The van der Waals surface area contributed by atoms with E-state index in [1.165, 1.54) is 12.1 Å². The topological polar surface area (TPSA) is 84.7 Å². The number of thiazole rings is 1. The van der Waals surface area contributed by atoms with Crippen LogP contribution in [0.15, 0.2) is 29.6 Å². The summed E-state index contributed by atoms with van der Waals surface area (Å²) in [5, 5.41) is 17.7. The maximum absolute atomic E-state index is 12.9. The number of amides is 1. The van der Waals surface area contributed by atoms with Gasteiger partial charge in [0.25, 0.3) is 0 Å². The Morgan fingerprint density at radius 2 is 2.11 bits per heavy atom. The van der Waals surface area contributed by atoms with Crippen molar-refractivity contribution in [2.24, 2.45) is 0 Å². The van der Waals surface area contributed by atoms with E-state index in [1.807, 2.05) is 12.3 Å². The molecule has 1 unspecified atom stereocenters. The Labute approximate surface area is 166 Å². The molecule has 1 aliphatic rings. The fourth-order valence-electron chi connectivity index (χ4n) is 3.32. The largest absolute Gasteiger partial charge is 0.376 e. The first-order valence-electron chi connectivity index (χ1n) is 9.22. The third-order valence-electron chi connectivity index (χ3n) is 4.76. The van der Waals surface area contributed by atoms with E-state index < -0.39 is 0 Å². The van der Waals surface area contributed by atoms with E-state index in [2.05, 4.69) is 30.4 Å². The molecule has 3 heterocycles. The summed E-state index contributed by atoms with van der Waals surface area (Å²) < 4.78 is 15.0. The van der Waals surface area contributed by atoms with Crippen molar-refractivity contribution in [2.45, 2.75) is 38.8 Å². The molecular weight excluding hydrogens is 379 g/mol. The number of hydrogen-bond acceptors (Lipinski definition) is 6. The Balaban J connectivity index is 1.33.